The average Bonchev–Trinajstić information content (AvgIpc) is 2.92. The molecule has 0 aromatic heterocycles. The van der Waals surface area contributed by atoms with Gasteiger partial charge in [-0.15, -0.1) is 0 Å². The molecule has 3 nitrogen and oxygen atoms in total. The van der Waals surface area contributed by atoms with Crippen LogP contribution in [-0.2, 0) is 4.79 Å². The molecule has 1 N–H and O–H groups in total. The van der Waals surface area contributed by atoms with E-state index < -0.39 is 6.61 Å². The molecule has 0 radical (unpaired) electrons. The molecule has 0 heterocycles. The van der Waals surface area contributed by atoms with E-state index in [-0.39, 0.29) is 16.7 Å². The summed E-state index contributed by atoms with van der Waals surface area (Å²) in [5, 5.41) is 2.77. The van der Waals surface area contributed by atoms with Gasteiger partial charge in [0.1, 0.15) is 5.75 Å². The zero-order chi connectivity index (χ0) is 15.2. The van der Waals surface area contributed by atoms with Crippen LogP contribution in [0.3, 0.4) is 0 Å². The van der Waals surface area contributed by atoms with E-state index in [9.17, 15) is 13.6 Å². The number of rotatable bonds is 6. The van der Waals surface area contributed by atoms with Gasteiger partial charge in [0, 0.05) is 12.1 Å². The average molecular weight is 318 g/mol. The second-order valence-corrected chi connectivity index (χ2v) is 5.67. The van der Waals surface area contributed by atoms with Gasteiger partial charge in [-0.1, -0.05) is 37.3 Å². The second kappa shape index (κ2) is 7.59. The van der Waals surface area contributed by atoms with E-state index >= 15 is 0 Å². The van der Waals surface area contributed by atoms with Crippen LogP contribution < -0.4 is 10.1 Å². The van der Waals surface area contributed by atoms with Crippen molar-refractivity contribution in [2.75, 3.05) is 5.32 Å². The summed E-state index contributed by atoms with van der Waals surface area (Å²) in [5.41, 5.74) is 0.484. The molecule has 0 atom stereocenters. The number of hydrogen-bond acceptors (Lipinski definition) is 2. The molecule has 1 fully saturated rings. The Bertz CT molecular complexity index is 491. The molecule has 2 rings (SSSR count). The monoisotopic (exact) mass is 317 g/mol. The molecule has 1 aliphatic rings. The minimum atomic E-state index is -2.92. The molecule has 21 heavy (non-hydrogen) atoms. The lowest BCUT2D eigenvalue weighted by atomic mass is 10.0. The number of hydrogen-bond donors (Lipinski definition) is 1. The van der Waals surface area contributed by atoms with Gasteiger partial charge in [0.2, 0.25) is 5.91 Å². The van der Waals surface area contributed by atoms with E-state index in [2.05, 4.69) is 10.1 Å². The minimum Gasteiger partial charge on any atom is -0.433 e. The van der Waals surface area contributed by atoms with Gasteiger partial charge < -0.3 is 10.1 Å². The smallest absolute Gasteiger partial charge is 0.387 e. The van der Waals surface area contributed by atoms with Gasteiger partial charge in [-0.05, 0) is 30.5 Å². The largest absolute Gasteiger partial charge is 0.433 e. The lowest BCUT2D eigenvalue weighted by Gasteiger charge is -2.11. The molecule has 116 valence electrons. The Balaban J connectivity index is 1.84. The Labute approximate surface area is 127 Å². The summed E-state index contributed by atoms with van der Waals surface area (Å²) >= 11 is 5.83. The van der Waals surface area contributed by atoms with E-state index in [1.165, 1.54) is 43.9 Å². The third kappa shape index (κ3) is 5.16. The van der Waals surface area contributed by atoms with Crippen molar-refractivity contribution < 1.29 is 18.3 Å². The zero-order valence-electron chi connectivity index (χ0n) is 11.6. The van der Waals surface area contributed by atoms with Gasteiger partial charge in [0.05, 0.1) is 5.02 Å². The number of ether oxygens (including phenoxy) is 1. The number of nitrogens with one attached hydrogen (secondary N) is 1. The van der Waals surface area contributed by atoms with Crippen LogP contribution in [0.5, 0.6) is 5.75 Å². The highest BCUT2D eigenvalue weighted by Gasteiger charge is 2.16. The number of carbonyl (C=O) groups excluding carboxylic acids is 1. The van der Waals surface area contributed by atoms with Gasteiger partial charge in [0.25, 0.3) is 0 Å². The summed E-state index contributed by atoms with van der Waals surface area (Å²) in [6.07, 6.45) is 6.29. The molecule has 1 aromatic carbocycles. The quantitative estimate of drug-likeness (QED) is 0.814. The number of halogens is 3. The Kier molecular flexibility index (Phi) is 5.79. The number of alkyl halides is 2. The summed E-state index contributed by atoms with van der Waals surface area (Å²) in [6, 6.07) is 4.23. The minimum absolute atomic E-state index is 0.0453. The molecule has 0 spiro atoms. The summed E-state index contributed by atoms with van der Waals surface area (Å²) < 4.78 is 28.5. The Morgan fingerprint density at radius 1 is 1.38 bits per heavy atom. The highest BCUT2D eigenvalue weighted by Crippen LogP contribution is 2.30. The van der Waals surface area contributed by atoms with Crippen molar-refractivity contribution in [3.05, 3.63) is 23.2 Å². The second-order valence-electron chi connectivity index (χ2n) is 5.26. The van der Waals surface area contributed by atoms with Crippen molar-refractivity contribution in [3.63, 3.8) is 0 Å². The summed E-state index contributed by atoms with van der Waals surface area (Å²) in [5.74, 6) is 0.470. The molecule has 1 saturated carbocycles. The van der Waals surface area contributed by atoms with E-state index in [1.54, 1.807) is 0 Å². The summed E-state index contributed by atoms with van der Waals surface area (Å²) in [6.45, 7) is -2.92. The number of amides is 1. The van der Waals surface area contributed by atoms with E-state index in [0.29, 0.717) is 18.0 Å². The van der Waals surface area contributed by atoms with Crippen LogP contribution in [0, 0.1) is 5.92 Å². The van der Waals surface area contributed by atoms with E-state index in [1.807, 2.05) is 0 Å². The maximum absolute atomic E-state index is 12.1. The maximum atomic E-state index is 12.1. The van der Waals surface area contributed by atoms with Crippen molar-refractivity contribution in [2.24, 2.45) is 5.92 Å². The highest BCUT2D eigenvalue weighted by atomic mass is 35.5. The maximum Gasteiger partial charge on any atom is 0.387 e. The molecule has 0 unspecified atom stereocenters. The van der Waals surface area contributed by atoms with Crippen molar-refractivity contribution in [3.8, 4) is 5.75 Å². The van der Waals surface area contributed by atoms with Crippen LogP contribution in [0.25, 0.3) is 0 Å². The van der Waals surface area contributed by atoms with Crippen LogP contribution in [-0.4, -0.2) is 12.5 Å². The van der Waals surface area contributed by atoms with E-state index in [4.69, 9.17) is 11.6 Å². The van der Waals surface area contributed by atoms with Gasteiger partial charge in [-0.25, -0.2) is 0 Å². The first-order chi connectivity index (χ1) is 10.0. The predicted molar refractivity (Wildman–Crippen MR) is 77.9 cm³/mol. The molecular weight excluding hydrogens is 300 g/mol. The number of carbonyl (C=O) groups is 1. The fraction of sp³-hybridized carbons (Fsp3) is 0.533. The first-order valence-corrected chi connectivity index (χ1v) is 7.46. The highest BCUT2D eigenvalue weighted by molar-refractivity contribution is 6.32. The third-order valence-corrected chi connectivity index (χ3v) is 3.98. The normalized spacial score (nSPS) is 15.4. The molecule has 1 aliphatic carbocycles. The molecule has 6 heteroatoms. The van der Waals surface area contributed by atoms with Gasteiger partial charge in [0.15, 0.2) is 0 Å². The Hall–Kier alpha value is -1.36. The number of benzene rings is 1. The number of anilines is 1. The lowest BCUT2D eigenvalue weighted by Crippen LogP contribution is -2.13. The molecule has 0 bridgehead atoms. The molecule has 1 aromatic rings. The van der Waals surface area contributed by atoms with Gasteiger partial charge >= 0.3 is 6.61 Å². The van der Waals surface area contributed by atoms with Crippen LogP contribution in [0.2, 0.25) is 5.02 Å². The van der Waals surface area contributed by atoms with Crippen LogP contribution in [0.1, 0.15) is 38.5 Å². The molecule has 1 amide bonds. The lowest BCUT2D eigenvalue weighted by molar-refractivity contribution is -0.116. The van der Waals surface area contributed by atoms with Crippen LogP contribution in [0.4, 0.5) is 14.5 Å². The summed E-state index contributed by atoms with van der Waals surface area (Å²) in [4.78, 5) is 11.8. The van der Waals surface area contributed by atoms with Gasteiger partial charge in [-0.2, -0.15) is 8.78 Å². The van der Waals surface area contributed by atoms with E-state index in [0.717, 1.165) is 6.42 Å². The summed E-state index contributed by atoms with van der Waals surface area (Å²) in [7, 11) is 0. The fourth-order valence-electron chi connectivity index (χ4n) is 2.63. The third-order valence-electron chi connectivity index (χ3n) is 3.69. The Morgan fingerprint density at radius 2 is 2.10 bits per heavy atom. The SMILES string of the molecule is O=C(CCC1CCCC1)Nc1ccc(OC(F)F)c(Cl)c1. The molecule has 0 aliphatic heterocycles. The Morgan fingerprint density at radius 3 is 2.71 bits per heavy atom. The zero-order valence-corrected chi connectivity index (χ0v) is 12.3. The van der Waals surface area contributed by atoms with Crippen molar-refractivity contribution in [2.45, 2.75) is 45.1 Å². The van der Waals surface area contributed by atoms with Crippen molar-refractivity contribution in [1.82, 2.24) is 0 Å². The predicted octanol–water partition coefficient (Wildman–Crippen LogP) is 4.85. The van der Waals surface area contributed by atoms with Crippen molar-refractivity contribution >= 4 is 23.2 Å². The first kappa shape index (κ1) is 16.0. The van der Waals surface area contributed by atoms with Gasteiger partial charge in [-0.3, -0.25) is 4.79 Å². The fourth-order valence-corrected chi connectivity index (χ4v) is 2.85. The molecular formula is C15H18ClF2NO2. The first-order valence-electron chi connectivity index (χ1n) is 7.09. The van der Waals surface area contributed by atoms with Crippen LogP contribution in [0.15, 0.2) is 18.2 Å². The molecule has 0 saturated heterocycles. The van der Waals surface area contributed by atoms with Crippen molar-refractivity contribution in [1.29, 1.82) is 0 Å². The standard InChI is InChI=1S/C15H18ClF2NO2/c16-12-9-11(6-7-13(12)21-15(17)18)19-14(20)8-5-10-3-1-2-4-10/h6-7,9-10,15H,1-5,8H2,(H,19,20). The topological polar surface area (TPSA) is 38.3 Å². The van der Waals surface area contributed by atoms with Crippen LogP contribution >= 0.6 is 11.6 Å².